The van der Waals surface area contributed by atoms with Gasteiger partial charge in [0.15, 0.2) is 0 Å². The van der Waals surface area contributed by atoms with E-state index in [1.165, 1.54) is 19.2 Å². The summed E-state index contributed by atoms with van der Waals surface area (Å²) >= 11 is 0. The first-order valence-electron chi connectivity index (χ1n) is 6.34. The molecule has 1 unspecified atom stereocenters. The van der Waals surface area contributed by atoms with Crippen LogP contribution in [-0.2, 0) is 4.79 Å². The van der Waals surface area contributed by atoms with Crippen molar-refractivity contribution in [3.8, 4) is 5.75 Å². The molecule has 0 saturated carbocycles. The van der Waals surface area contributed by atoms with Gasteiger partial charge >= 0.3 is 5.97 Å². The monoisotopic (exact) mass is 283 g/mol. The van der Waals surface area contributed by atoms with Crippen LogP contribution >= 0.6 is 0 Å². The molecule has 1 aromatic rings. The number of nitrogens with one attached hydrogen (secondary N) is 1. The van der Waals surface area contributed by atoms with Crippen molar-refractivity contribution in [2.75, 3.05) is 13.7 Å². The smallest absolute Gasteiger partial charge is 0.308 e. The minimum atomic E-state index is -0.960. The zero-order chi connectivity index (χ0) is 15.1. The number of halogens is 1. The Hall–Kier alpha value is -2.11. The normalized spacial score (nSPS) is 11.8. The second-order valence-electron chi connectivity index (χ2n) is 4.38. The zero-order valence-electron chi connectivity index (χ0n) is 11.5. The second-order valence-corrected chi connectivity index (χ2v) is 4.38. The molecule has 2 N–H and O–H groups in total. The Balaban J connectivity index is 2.76. The molecule has 6 heteroatoms. The predicted octanol–water partition coefficient (Wildman–Crippen LogP) is 2.06. The van der Waals surface area contributed by atoms with Crippen LogP contribution in [0.2, 0.25) is 0 Å². The van der Waals surface area contributed by atoms with Gasteiger partial charge in [-0.1, -0.05) is 13.3 Å². The van der Waals surface area contributed by atoms with Crippen LogP contribution in [0.5, 0.6) is 5.75 Å². The fraction of sp³-hybridized carbons (Fsp3) is 0.429. The molecule has 0 spiro atoms. The van der Waals surface area contributed by atoms with Crippen molar-refractivity contribution in [1.82, 2.24) is 5.32 Å². The highest BCUT2D eigenvalue weighted by Gasteiger charge is 2.19. The van der Waals surface area contributed by atoms with Crippen molar-refractivity contribution in [1.29, 1.82) is 0 Å². The van der Waals surface area contributed by atoms with E-state index in [0.29, 0.717) is 12.8 Å². The summed E-state index contributed by atoms with van der Waals surface area (Å²) in [6.07, 6.45) is 1.17. The lowest BCUT2D eigenvalue weighted by molar-refractivity contribution is -0.141. The van der Waals surface area contributed by atoms with Crippen molar-refractivity contribution in [2.45, 2.75) is 19.8 Å². The van der Waals surface area contributed by atoms with Gasteiger partial charge in [-0.3, -0.25) is 9.59 Å². The molecule has 0 bridgehead atoms. The Bertz CT molecular complexity index is 490. The average Bonchev–Trinajstić information content (AvgIpc) is 2.42. The summed E-state index contributed by atoms with van der Waals surface area (Å²) in [6.45, 7) is 1.87. The van der Waals surface area contributed by atoms with E-state index < -0.39 is 23.6 Å². The van der Waals surface area contributed by atoms with Crippen LogP contribution < -0.4 is 10.1 Å². The molecule has 0 aromatic heterocycles. The van der Waals surface area contributed by atoms with Crippen LogP contribution in [0.3, 0.4) is 0 Å². The maximum atomic E-state index is 13.2. The number of hydrogen-bond donors (Lipinski definition) is 2. The Labute approximate surface area is 116 Å². The lowest BCUT2D eigenvalue weighted by Crippen LogP contribution is -2.33. The summed E-state index contributed by atoms with van der Waals surface area (Å²) in [5.41, 5.74) is 0.0492. The number of aliphatic carboxylic acids is 1. The minimum Gasteiger partial charge on any atom is -0.496 e. The minimum absolute atomic E-state index is 0.00166. The number of carbonyl (C=O) groups is 2. The van der Waals surface area contributed by atoms with Gasteiger partial charge in [0, 0.05) is 6.54 Å². The number of benzene rings is 1. The molecule has 0 aliphatic rings. The maximum absolute atomic E-state index is 13.2. The molecule has 0 fully saturated rings. The van der Waals surface area contributed by atoms with Gasteiger partial charge in [-0.25, -0.2) is 4.39 Å². The van der Waals surface area contributed by atoms with Gasteiger partial charge in [0.25, 0.3) is 5.91 Å². The molecule has 0 heterocycles. The molecule has 1 aromatic carbocycles. The first kappa shape index (κ1) is 15.9. The molecule has 1 rings (SSSR count). The van der Waals surface area contributed by atoms with Crippen LogP contribution in [0.25, 0.3) is 0 Å². The quantitative estimate of drug-likeness (QED) is 0.803. The maximum Gasteiger partial charge on any atom is 0.308 e. The molecular weight excluding hydrogens is 265 g/mol. The van der Waals surface area contributed by atoms with E-state index in [1.807, 2.05) is 6.92 Å². The highest BCUT2D eigenvalue weighted by molar-refractivity contribution is 5.97. The molecule has 20 heavy (non-hydrogen) atoms. The third kappa shape index (κ3) is 4.22. The standard InChI is InChI=1S/C14H18FNO4/c1-3-4-9(14(18)19)8-16-13(17)11-7-10(15)5-6-12(11)20-2/h5-7,9H,3-4,8H2,1-2H3,(H,16,17)(H,18,19). The van der Waals surface area contributed by atoms with E-state index >= 15 is 0 Å². The Morgan fingerprint density at radius 2 is 2.15 bits per heavy atom. The van der Waals surface area contributed by atoms with Crippen molar-refractivity contribution in [2.24, 2.45) is 5.92 Å². The summed E-state index contributed by atoms with van der Waals surface area (Å²) < 4.78 is 18.1. The van der Waals surface area contributed by atoms with Crippen LogP contribution in [0.1, 0.15) is 30.1 Å². The summed E-state index contributed by atoms with van der Waals surface area (Å²) in [6, 6.07) is 3.60. The van der Waals surface area contributed by atoms with E-state index in [9.17, 15) is 14.0 Å². The first-order chi connectivity index (χ1) is 9.49. The number of rotatable bonds is 7. The summed E-state index contributed by atoms with van der Waals surface area (Å²) in [7, 11) is 1.38. The summed E-state index contributed by atoms with van der Waals surface area (Å²) in [4.78, 5) is 22.9. The zero-order valence-corrected chi connectivity index (χ0v) is 11.5. The van der Waals surface area contributed by atoms with Gasteiger partial charge in [-0.2, -0.15) is 0 Å². The van der Waals surface area contributed by atoms with E-state index in [2.05, 4.69) is 5.32 Å². The van der Waals surface area contributed by atoms with Crippen molar-refractivity contribution < 1.29 is 23.8 Å². The van der Waals surface area contributed by atoms with E-state index in [4.69, 9.17) is 9.84 Å². The summed E-state index contributed by atoms with van der Waals surface area (Å²) in [5, 5.41) is 11.5. The fourth-order valence-corrected chi connectivity index (χ4v) is 1.83. The Morgan fingerprint density at radius 1 is 1.45 bits per heavy atom. The molecule has 1 amide bonds. The Morgan fingerprint density at radius 3 is 2.70 bits per heavy atom. The summed E-state index contributed by atoms with van der Waals surface area (Å²) in [5.74, 6) is -2.48. The molecule has 0 saturated heterocycles. The number of carbonyl (C=O) groups excluding carboxylic acids is 1. The lowest BCUT2D eigenvalue weighted by atomic mass is 10.0. The van der Waals surface area contributed by atoms with Gasteiger partial charge in [0.2, 0.25) is 0 Å². The molecule has 0 aliphatic carbocycles. The number of ether oxygens (including phenoxy) is 1. The largest absolute Gasteiger partial charge is 0.496 e. The molecule has 110 valence electrons. The van der Waals surface area contributed by atoms with Gasteiger partial charge in [-0.15, -0.1) is 0 Å². The Kier molecular flexibility index (Phi) is 5.96. The van der Waals surface area contributed by atoms with E-state index in [0.717, 1.165) is 6.07 Å². The second kappa shape index (κ2) is 7.47. The SMILES string of the molecule is CCCC(CNC(=O)c1cc(F)ccc1OC)C(=O)O. The van der Waals surface area contributed by atoms with Crippen LogP contribution in [-0.4, -0.2) is 30.6 Å². The molecule has 0 aliphatic heterocycles. The third-order valence-electron chi connectivity index (χ3n) is 2.90. The first-order valence-corrected chi connectivity index (χ1v) is 6.34. The number of amides is 1. The van der Waals surface area contributed by atoms with E-state index in [1.54, 1.807) is 0 Å². The van der Waals surface area contributed by atoms with Gasteiger partial charge in [0.1, 0.15) is 11.6 Å². The number of methoxy groups -OCH3 is 1. The highest BCUT2D eigenvalue weighted by Crippen LogP contribution is 2.19. The average molecular weight is 283 g/mol. The molecule has 0 radical (unpaired) electrons. The number of carboxylic acids is 1. The molecule has 5 nitrogen and oxygen atoms in total. The lowest BCUT2D eigenvalue weighted by Gasteiger charge is -2.13. The highest BCUT2D eigenvalue weighted by atomic mass is 19.1. The van der Waals surface area contributed by atoms with Gasteiger partial charge in [0.05, 0.1) is 18.6 Å². The number of hydrogen-bond acceptors (Lipinski definition) is 3. The number of carboxylic acid groups (broad SMARTS) is 1. The molecular formula is C14H18FNO4. The van der Waals surface area contributed by atoms with Crippen LogP contribution in [0, 0.1) is 11.7 Å². The fourth-order valence-electron chi connectivity index (χ4n) is 1.83. The van der Waals surface area contributed by atoms with Crippen molar-refractivity contribution in [3.63, 3.8) is 0 Å². The van der Waals surface area contributed by atoms with Gasteiger partial charge < -0.3 is 15.2 Å². The predicted molar refractivity (Wildman–Crippen MR) is 71.3 cm³/mol. The third-order valence-corrected chi connectivity index (χ3v) is 2.90. The van der Waals surface area contributed by atoms with E-state index in [-0.39, 0.29) is 17.9 Å². The van der Waals surface area contributed by atoms with Crippen LogP contribution in [0.4, 0.5) is 4.39 Å². The van der Waals surface area contributed by atoms with Crippen molar-refractivity contribution >= 4 is 11.9 Å². The van der Waals surface area contributed by atoms with Crippen molar-refractivity contribution in [3.05, 3.63) is 29.6 Å². The van der Waals surface area contributed by atoms with Crippen LogP contribution in [0.15, 0.2) is 18.2 Å². The topological polar surface area (TPSA) is 75.6 Å². The molecule has 1 atom stereocenters. The van der Waals surface area contributed by atoms with Gasteiger partial charge in [-0.05, 0) is 24.6 Å².